The summed E-state index contributed by atoms with van der Waals surface area (Å²) in [5, 5.41) is 10.6. The van der Waals surface area contributed by atoms with Gasteiger partial charge < -0.3 is 11.1 Å². The Kier molecular flexibility index (Phi) is 4.56. The summed E-state index contributed by atoms with van der Waals surface area (Å²) < 4.78 is 0. The SMILES string of the molecule is Nc1ncc(NC(=O)c2n[nH]c3ccc(-c4cncc(CN5CCC5)c4)cc23)cn1. The van der Waals surface area contributed by atoms with Crippen LogP contribution < -0.4 is 11.1 Å². The number of likely N-dealkylation sites (tertiary alicyclic amines) is 1. The van der Waals surface area contributed by atoms with Crippen LogP contribution in [-0.4, -0.2) is 49.0 Å². The minimum Gasteiger partial charge on any atom is -0.368 e. The first kappa shape index (κ1) is 18.2. The van der Waals surface area contributed by atoms with E-state index < -0.39 is 0 Å². The van der Waals surface area contributed by atoms with Gasteiger partial charge in [-0.2, -0.15) is 5.10 Å². The Hall–Kier alpha value is -3.85. The van der Waals surface area contributed by atoms with Crippen molar-refractivity contribution in [2.45, 2.75) is 13.0 Å². The predicted molar refractivity (Wildman–Crippen MR) is 114 cm³/mol. The Labute approximate surface area is 172 Å². The van der Waals surface area contributed by atoms with Gasteiger partial charge in [-0.3, -0.25) is 19.8 Å². The van der Waals surface area contributed by atoms with Gasteiger partial charge in [0.05, 0.1) is 23.6 Å². The molecule has 30 heavy (non-hydrogen) atoms. The van der Waals surface area contributed by atoms with Gasteiger partial charge in [0.1, 0.15) is 0 Å². The van der Waals surface area contributed by atoms with Crippen LogP contribution in [0.25, 0.3) is 22.0 Å². The third-order valence-electron chi connectivity index (χ3n) is 5.19. The molecule has 5 rings (SSSR count). The van der Waals surface area contributed by atoms with Crippen molar-refractivity contribution in [2.75, 3.05) is 24.1 Å². The van der Waals surface area contributed by atoms with Gasteiger partial charge in [-0.15, -0.1) is 0 Å². The summed E-state index contributed by atoms with van der Waals surface area (Å²) in [5.74, 6) is -0.204. The average Bonchev–Trinajstić information content (AvgIpc) is 3.16. The summed E-state index contributed by atoms with van der Waals surface area (Å²) in [6, 6.07) is 8.03. The molecular formula is C21H20N8O. The van der Waals surface area contributed by atoms with Gasteiger partial charge in [-0.1, -0.05) is 6.07 Å². The molecule has 0 radical (unpaired) electrons. The van der Waals surface area contributed by atoms with Gasteiger partial charge in [-0.05, 0) is 48.8 Å². The van der Waals surface area contributed by atoms with Crippen LogP contribution in [0.1, 0.15) is 22.5 Å². The number of H-pyrrole nitrogens is 1. The van der Waals surface area contributed by atoms with E-state index in [-0.39, 0.29) is 11.9 Å². The topological polar surface area (TPSA) is 126 Å². The molecule has 4 N–H and O–H groups in total. The molecule has 3 aromatic heterocycles. The number of hydrogen-bond acceptors (Lipinski definition) is 7. The normalized spacial score (nSPS) is 13.9. The number of benzene rings is 1. The molecule has 150 valence electrons. The van der Waals surface area contributed by atoms with Crippen molar-refractivity contribution in [2.24, 2.45) is 0 Å². The van der Waals surface area contributed by atoms with Crippen molar-refractivity contribution in [1.82, 2.24) is 30.0 Å². The molecule has 4 aromatic rings. The fraction of sp³-hybridized carbons (Fsp3) is 0.190. The van der Waals surface area contributed by atoms with E-state index in [1.54, 1.807) is 0 Å². The first-order valence-corrected chi connectivity index (χ1v) is 9.69. The van der Waals surface area contributed by atoms with Crippen LogP contribution >= 0.6 is 0 Å². The van der Waals surface area contributed by atoms with Crippen molar-refractivity contribution >= 4 is 28.4 Å². The van der Waals surface area contributed by atoms with Gasteiger partial charge in [0.25, 0.3) is 5.91 Å². The number of aromatic nitrogens is 5. The molecule has 1 fully saturated rings. The number of nitrogens with two attached hydrogens (primary N) is 1. The summed E-state index contributed by atoms with van der Waals surface area (Å²) >= 11 is 0. The third-order valence-corrected chi connectivity index (χ3v) is 5.19. The number of nitrogens with one attached hydrogen (secondary N) is 2. The second-order valence-electron chi connectivity index (χ2n) is 7.33. The lowest BCUT2D eigenvalue weighted by molar-refractivity contribution is 0.102. The van der Waals surface area contributed by atoms with Gasteiger partial charge in [0.15, 0.2) is 5.69 Å². The molecule has 0 spiro atoms. The number of fused-ring (bicyclic) bond motifs is 1. The number of pyridine rings is 1. The number of nitrogen functional groups attached to an aromatic ring is 1. The van der Waals surface area contributed by atoms with Crippen molar-refractivity contribution in [3.63, 3.8) is 0 Å². The predicted octanol–water partition coefficient (Wildman–Crippen LogP) is 2.46. The zero-order chi connectivity index (χ0) is 20.5. The van der Waals surface area contributed by atoms with Crippen LogP contribution in [0.3, 0.4) is 0 Å². The minimum atomic E-state index is -0.351. The molecule has 0 saturated carbocycles. The quantitative estimate of drug-likeness (QED) is 0.470. The second kappa shape index (κ2) is 7.53. The van der Waals surface area contributed by atoms with Crippen LogP contribution in [0.2, 0.25) is 0 Å². The fourth-order valence-corrected chi connectivity index (χ4v) is 3.49. The van der Waals surface area contributed by atoms with Crippen molar-refractivity contribution in [1.29, 1.82) is 0 Å². The van der Waals surface area contributed by atoms with Crippen molar-refractivity contribution < 1.29 is 4.79 Å². The molecule has 4 heterocycles. The van der Waals surface area contributed by atoms with E-state index in [9.17, 15) is 4.79 Å². The average molecular weight is 400 g/mol. The van der Waals surface area contributed by atoms with E-state index in [1.165, 1.54) is 24.4 Å². The van der Waals surface area contributed by atoms with Crippen molar-refractivity contribution in [3.8, 4) is 11.1 Å². The maximum absolute atomic E-state index is 12.7. The Morgan fingerprint density at radius 1 is 1.10 bits per heavy atom. The molecule has 0 unspecified atom stereocenters. The Balaban J connectivity index is 1.43. The highest BCUT2D eigenvalue weighted by Gasteiger charge is 2.17. The lowest BCUT2D eigenvalue weighted by atomic mass is 10.0. The third kappa shape index (κ3) is 3.58. The molecule has 1 saturated heterocycles. The largest absolute Gasteiger partial charge is 0.368 e. The van der Waals surface area contributed by atoms with E-state index in [2.05, 4.69) is 41.4 Å². The lowest BCUT2D eigenvalue weighted by Crippen LogP contribution is -2.36. The van der Waals surface area contributed by atoms with Crippen LogP contribution in [0.4, 0.5) is 11.6 Å². The fourth-order valence-electron chi connectivity index (χ4n) is 3.49. The molecule has 1 aliphatic heterocycles. The number of rotatable bonds is 5. The highest BCUT2D eigenvalue weighted by Crippen LogP contribution is 2.26. The number of carbonyl (C=O) groups is 1. The van der Waals surface area contributed by atoms with E-state index in [4.69, 9.17) is 5.73 Å². The summed E-state index contributed by atoms with van der Waals surface area (Å²) in [7, 11) is 0. The maximum atomic E-state index is 12.7. The van der Waals surface area contributed by atoms with Gasteiger partial charge >= 0.3 is 0 Å². The molecule has 1 aromatic carbocycles. The standard InChI is InChI=1S/C21H20N8O/c22-21-24-10-16(11-25-21)26-20(30)19-17-7-14(2-3-18(17)27-28-19)15-6-13(8-23-9-15)12-29-4-1-5-29/h2-3,6-11H,1,4-5,12H2,(H,26,30)(H,27,28)(H2,22,24,25). The molecule has 0 atom stereocenters. The number of carbonyl (C=O) groups excluding carboxylic acids is 1. The van der Waals surface area contributed by atoms with Crippen LogP contribution in [-0.2, 0) is 6.54 Å². The van der Waals surface area contributed by atoms with Gasteiger partial charge in [0.2, 0.25) is 5.95 Å². The number of aromatic amines is 1. The number of amides is 1. The van der Waals surface area contributed by atoms with Gasteiger partial charge in [-0.25, -0.2) is 9.97 Å². The smallest absolute Gasteiger partial charge is 0.276 e. The van der Waals surface area contributed by atoms with Crippen LogP contribution in [0.15, 0.2) is 49.1 Å². The summed E-state index contributed by atoms with van der Waals surface area (Å²) in [5.41, 5.74) is 10.2. The lowest BCUT2D eigenvalue weighted by Gasteiger charge is -2.30. The van der Waals surface area contributed by atoms with Gasteiger partial charge in [0, 0.05) is 29.9 Å². The molecule has 0 aliphatic carbocycles. The van der Waals surface area contributed by atoms with E-state index in [1.807, 2.05) is 30.6 Å². The molecule has 1 aliphatic rings. The summed E-state index contributed by atoms with van der Waals surface area (Å²) in [6.07, 6.45) is 7.92. The van der Waals surface area contributed by atoms with E-state index >= 15 is 0 Å². The summed E-state index contributed by atoms with van der Waals surface area (Å²) in [4.78, 5) is 27.3. The summed E-state index contributed by atoms with van der Waals surface area (Å²) in [6.45, 7) is 3.19. The monoisotopic (exact) mass is 400 g/mol. The second-order valence-corrected chi connectivity index (χ2v) is 7.33. The van der Waals surface area contributed by atoms with Crippen molar-refractivity contribution in [3.05, 3.63) is 60.3 Å². The molecule has 0 bridgehead atoms. The Bertz CT molecular complexity index is 1210. The molecule has 9 nitrogen and oxygen atoms in total. The first-order valence-electron chi connectivity index (χ1n) is 9.69. The molecule has 1 amide bonds. The highest BCUT2D eigenvalue weighted by atomic mass is 16.1. The van der Waals surface area contributed by atoms with Crippen LogP contribution in [0.5, 0.6) is 0 Å². The molecule has 9 heteroatoms. The minimum absolute atomic E-state index is 0.146. The number of hydrogen-bond donors (Lipinski definition) is 3. The molecular weight excluding hydrogens is 380 g/mol. The van der Waals surface area contributed by atoms with E-state index in [0.29, 0.717) is 11.4 Å². The van der Waals surface area contributed by atoms with E-state index in [0.717, 1.165) is 41.7 Å². The number of nitrogens with zero attached hydrogens (tertiary/aromatic N) is 5. The van der Waals surface area contributed by atoms with Crippen LogP contribution in [0, 0.1) is 0 Å². The Morgan fingerprint density at radius 2 is 1.93 bits per heavy atom. The first-order chi connectivity index (χ1) is 14.7. The number of anilines is 2. The Morgan fingerprint density at radius 3 is 2.70 bits per heavy atom. The maximum Gasteiger partial charge on any atom is 0.276 e. The highest BCUT2D eigenvalue weighted by molar-refractivity contribution is 6.11. The zero-order valence-corrected chi connectivity index (χ0v) is 16.2. The zero-order valence-electron chi connectivity index (χ0n) is 16.2.